The predicted molar refractivity (Wildman–Crippen MR) is 116 cm³/mol. The maximum absolute atomic E-state index is 12.1. The van der Waals surface area contributed by atoms with Gasteiger partial charge in [0.2, 0.25) is 5.13 Å². The van der Waals surface area contributed by atoms with Crippen LogP contribution in [0.4, 0.5) is 5.13 Å². The molecule has 2 heterocycles. The van der Waals surface area contributed by atoms with Gasteiger partial charge in [-0.15, -0.1) is 0 Å². The summed E-state index contributed by atoms with van der Waals surface area (Å²) in [6.07, 6.45) is 0.781. The summed E-state index contributed by atoms with van der Waals surface area (Å²) in [7, 11) is 0. The van der Waals surface area contributed by atoms with Crippen molar-refractivity contribution in [3.63, 3.8) is 0 Å². The van der Waals surface area contributed by atoms with Crippen LogP contribution in [0.3, 0.4) is 0 Å². The van der Waals surface area contributed by atoms with Gasteiger partial charge in [-0.2, -0.15) is 4.37 Å². The van der Waals surface area contributed by atoms with E-state index in [1.807, 2.05) is 48.5 Å². The molecule has 1 aliphatic heterocycles. The summed E-state index contributed by atoms with van der Waals surface area (Å²) in [5, 5.41) is 4.04. The number of nitrogens with zero attached hydrogens (tertiary/aromatic N) is 3. The van der Waals surface area contributed by atoms with Crippen molar-refractivity contribution in [3.05, 3.63) is 77.6 Å². The summed E-state index contributed by atoms with van der Waals surface area (Å²) < 4.78 is 4.54. The lowest BCUT2D eigenvalue weighted by Gasteiger charge is -2.31. The fourth-order valence-corrected chi connectivity index (χ4v) is 4.27. The number of hydrogen-bond donors (Lipinski definition) is 2. The van der Waals surface area contributed by atoms with Crippen molar-refractivity contribution in [3.8, 4) is 0 Å². The van der Waals surface area contributed by atoms with Gasteiger partial charge in [-0.3, -0.25) is 4.79 Å². The Kier molecular flexibility index (Phi) is 6.49. The van der Waals surface area contributed by atoms with Crippen molar-refractivity contribution in [2.45, 2.75) is 6.42 Å². The SMILES string of the molecule is O=C(NCC[NH+]1CCN(c2nc(Cc3ccccc3)ns2)CC1)c1ccccc1. The maximum atomic E-state index is 12.1. The zero-order valence-electron chi connectivity index (χ0n) is 16.4. The monoisotopic (exact) mass is 408 g/mol. The third-order valence-electron chi connectivity index (χ3n) is 5.20. The van der Waals surface area contributed by atoms with E-state index >= 15 is 0 Å². The van der Waals surface area contributed by atoms with E-state index < -0.39 is 0 Å². The Hall–Kier alpha value is -2.77. The molecule has 1 aromatic heterocycles. The number of anilines is 1. The minimum absolute atomic E-state index is 0.00319. The van der Waals surface area contributed by atoms with E-state index in [9.17, 15) is 4.79 Å². The summed E-state index contributed by atoms with van der Waals surface area (Å²) in [5.74, 6) is 0.901. The quantitative estimate of drug-likeness (QED) is 0.618. The number of carbonyl (C=O) groups excluding carboxylic acids is 1. The number of nitrogens with one attached hydrogen (secondary N) is 2. The van der Waals surface area contributed by atoms with Crippen LogP contribution >= 0.6 is 11.5 Å². The molecule has 29 heavy (non-hydrogen) atoms. The maximum Gasteiger partial charge on any atom is 0.251 e. The second-order valence-corrected chi connectivity index (χ2v) is 7.99. The van der Waals surface area contributed by atoms with Crippen LogP contribution in [0, 0.1) is 0 Å². The molecule has 3 aromatic rings. The number of quaternary nitrogens is 1. The highest BCUT2D eigenvalue weighted by atomic mass is 32.1. The Morgan fingerprint density at radius 3 is 2.45 bits per heavy atom. The molecule has 1 fully saturated rings. The summed E-state index contributed by atoms with van der Waals surface area (Å²) in [5.41, 5.74) is 1.96. The van der Waals surface area contributed by atoms with Gasteiger partial charge < -0.3 is 15.1 Å². The summed E-state index contributed by atoms with van der Waals surface area (Å²) in [6.45, 7) is 5.69. The number of rotatable bonds is 7. The van der Waals surface area contributed by atoms with Gasteiger partial charge in [-0.1, -0.05) is 48.5 Å². The first-order chi connectivity index (χ1) is 14.3. The first kappa shape index (κ1) is 19.5. The third kappa shape index (κ3) is 5.40. The lowest BCUT2D eigenvalue weighted by atomic mass is 10.1. The first-order valence-electron chi connectivity index (χ1n) is 10.1. The Morgan fingerprint density at radius 1 is 1.03 bits per heavy atom. The van der Waals surface area contributed by atoms with Crippen LogP contribution in [0.2, 0.25) is 0 Å². The number of aromatic nitrogens is 2. The van der Waals surface area contributed by atoms with Crippen LogP contribution in [0.25, 0.3) is 0 Å². The van der Waals surface area contributed by atoms with Crippen molar-refractivity contribution >= 4 is 22.6 Å². The van der Waals surface area contributed by atoms with E-state index in [1.165, 1.54) is 22.0 Å². The molecule has 0 spiro atoms. The molecule has 150 valence electrons. The minimum Gasteiger partial charge on any atom is -0.346 e. The van der Waals surface area contributed by atoms with Crippen LogP contribution in [0.5, 0.6) is 0 Å². The topological polar surface area (TPSA) is 62.6 Å². The molecule has 0 atom stereocenters. The molecule has 0 bridgehead atoms. The number of amides is 1. The molecular weight excluding hydrogens is 382 g/mol. The lowest BCUT2D eigenvalue weighted by Crippen LogP contribution is -3.15. The third-order valence-corrected chi connectivity index (χ3v) is 6.02. The largest absolute Gasteiger partial charge is 0.346 e. The standard InChI is InChI=1S/C22H25N5OS/c28-21(19-9-5-2-6-10-19)23-11-12-26-13-15-27(16-14-26)22-24-20(25-29-22)17-18-7-3-1-4-8-18/h1-10H,11-17H2,(H,23,28)/p+1. The number of carbonyl (C=O) groups is 1. The number of hydrogen-bond acceptors (Lipinski definition) is 5. The molecule has 0 saturated carbocycles. The highest BCUT2D eigenvalue weighted by Gasteiger charge is 2.22. The summed E-state index contributed by atoms with van der Waals surface area (Å²) >= 11 is 1.49. The Balaban J connectivity index is 1.20. The van der Waals surface area contributed by atoms with E-state index in [-0.39, 0.29) is 5.91 Å². The van der Waals surface area contributed by atoms with Gasteiger partial charge in [-0.05, 0) is 17.7 Å². The van der Waals surface area contributed by atoms with Gasteiger partial charge in [0.1, 0.15) is 5.82 Å². The minimum atomic E-state index is 0.00319. The molecule has 1 amide bonds. The van der Waals surface area contributed by atoms with Crippen LogP contribution in [-0.2, 0) is 6.42 Å². The predicted octanol–water partition coefficient (Wildman–Crippen LogP) is 1.26. The summed E-state index contributed by atoms with van der Waals surface area (Å²) in [4.78, 5) is 20.7. The second-order valence-electron chi connectivity index (χ2n) is 7.26. The number of piperazine rings is 1. The van der Waals surface area contributed by atoms with Gasteiger partial charge >= 0.3 is 0 Å². The molecule has 7 heteroatoms. The Bertz CT molecular complexity index is 907. The fourth-order valence-electron chi connectivity index (χ4n) is 3.53. The van der Waals surface area contributed by atoms with E-state index in [1.54, 1.807) is 0 Å². The molecular formula is C22H26N5OS+. The highest BCUT2D eigenvalue weighted by molar-refractivity contribution is 7.09. The molecule has 1 aliphatic rings. The van der Waals surface area contributed by atoms with Gasteiger partial charge in [0.15, 0.2) is 0 Å². The lowest BCUT2D eigenvalue weighted by molar-refractivity contribution is -0.899. The Morgan fingerprint density at radius 2 is 1.72 bits per heavy atom. The Labute approximate surface area is 175 Å². The zero-order chi connectivity index (χ0) is 19.9. The summed E-state index contributed by atoms with van der Waals surface area (Å²) in [6, 6.07) is 19.7. The van der Waals surface area contributed by atoms with Crippen molar-refractivity contribution in [2.75, 3.05) is 44.2 Å². The molecule has 2 aromatic carbocycles. The molecule has 6 nitrogen and oxygen atoms in total. The smallest absolute Gasteiger partial charge is 0.251 e. The highest BCUT2D eigenvalue weighted by Crippen LogP contribution is 2.18. The van der Waals surface area contributed by atoms with Gasteiger partial charge in [0.25, 0.3) is 5.91 Å². The molecule has 0 radical (unpaired) electrons. The van der Waals surface area contributed by atoms with Crippen LogP contribution in [0.1, 0.15) is 21.7 Å². The molecule has 0 aliphatic carbocycles. The molecule has 0 unspecified atom stereocenters. The van der Waals surface area contributed by atoms with Crippen molar-refractivity contribution in [2.24, 2.45) is 0 Å². The van der Waals surface area contributed by atoms with Gasteiger partial charge in [0.05, 0.1) is 39.3 Å². The first-order valence-corrected chi connectivity index (χ1v) is 10.8. The van der Waals surface area contributed by atoms with Crippen molar-refractivity contribution < 1.29 is 9.69 Å². The van der Waals surface area contributed by atoms with Crippen LogP contribution in [-0.4, -0.2) is 54.5 Å². The van der Waals surface area contributed by atoms with Crippen molar-refractivity contribution in [1.29, 1.82) is 0 Å². The molecule has 1 saturated heterocycles. The molecule has 2 N–H and O–H groups in total. The average molecular weight is 409 g/mol. The van der Waals surface area contributed by atoms with Crippen LogP contribution < -0.4 is 15.1 Å². The number of benzene rings is 2. The van der Waals surface area contributed by atoms with Crippen molar-refractivity contribution in [1.82, 2.24) is 14.7 Å². The normalized spacial score (nSPS) is 14.7. The van der Waals surface area contributed by atoms with E-state index in [0.29, 0.717) is 6.54 Å². The van der Waals surface area contributed by atoms with E-state index in [4.69, 9.17) is 4.98 Å². The fraction of sp³-hybridized carbons (Fsp3) is 0.318. The molecule has 4 rings (SSSR count). The second kappa shape index (κ2) is 9.62. The van der Waals surface area contributed by atoms with E-state index in [2.05, 4.69) is 26.7 Å². The average Bonchev–Trinajstić information content (AvgIpc) is 3.24. The van der Waals surface area contributed by atoms with Crippen LogP contribution in [0.15, 0.2) is 60.7 Å². The van der Waals surface area contributed by atoms with Gasteiger partial charge in [0, 0.05) is 23.5 Å². The van der Waals surface area contributed by atoms with Gasteiger partial charge in [-0.25, -0.2) is 4.98 Å². The van der Waals surface area contributed by atoms with E-state index in [0.717, 1.165) is 55.7 Å². The zero-order valence-corrected chi connectivity index (χ0v) is 17.2.